The number of rotatable bonds is 5. The Kier molecular flexibility index (Phi) is 5.11. The average Bonchev–Trinajstić information content (AvgIpc) is 2.86. The minimum absolute atomic E-state index is 0.293. The monoisotopic (exact) mass is 357 g/mol. The molecule has 4 nitrogen and oxygen atoms in total. The van der Waals surface area contributed by atoms with Crippen LogP contribution in [-0.2, 0) is 20.3 Å². The molecule has 1 N–H and O–H groups in total. The van der Waals surface area contributed by atoms with Gasteiger partial charge in [0.25, 0.3) is 0 Å². The first-order valence-electron chi connectivity index (χ1n) is 8.22. The van der Waals surface area contributed by atoms with Gasteiger partial charge in [-0.05, 0) is 36.8 Å². The first-order valence-corrected chi connectivity index (χ1v) is 8.62. The van der Waals surface area contributed by atoms with E-state index in [0.29, 0.717) is 22.8 Å². The number of benzene rings is 2. The van der Waals surface area contributed by atoms with Gasteiger partial charge in [0.15, 0.2) is 12.5 Å². The molecule has 3 aromatic rings. The molecule has 130 valence electrons. The van der Waals surface area contributed by atoms with Gasteiger partial charge >= 0.3 is 0 Å². The zero-order valence-corrected chi connectivity index (χ0v) is 15.5. The minimum Gasteiger partial charge on any atom is -0.315 e. The zero-order valence-electron chi connectivity index (χ0n) is 14.7. The lowest BCUT2D eigenvalue weighted by atomic mass is 10.1. The maximum absolute atomic E-state index is 14.1. The summed E-state index contributed by atoms with van der Waals surface area (Å²) in [5.74, 6) is 0.255. The van der Waals surface area contributed by atoms with Crippen molar-refractivity contribution in [1.82, 2.24) is 14.3 Å². The molecule has 0 radical (unpaired) electrons. The van der Waals surface area contributed by atoms with Crippen molar-refractivity contribution in [2.45, 2.75) is 20.1 Å². The SMILES string of the molecule is Cc1ccccc1C[NH+](C)Cn1nc(-c2ccccc2F)n(C)c1=S. The van der Waals surface area contributed by atoms with Gasteiger partial charge in [0.2, 0.25) is 4.77 Å². The van der Waals surface area contributed by atoms with Gasteiger partial charge in [-0.15, -0.1) is 5.10 Å². The zero-order chi connectivity index (χ0) is 18.0. The molecule has 1 atom stereocenters. The predicted octanol–water partition coefficient (Wildman–Crippen LogP) is 2.74. The number of hydrogen-bond acceptors (Lipinski definition) is 2. The van der Waals surface area contributed by atoms with Crippen molar-refractivity contribution in [3.05, 3.63) is 70.2 Å². The number of nitrogens with zero attached hydrogens (tertiary/aromatic N) is 3. The highest BCUT2D eigenvalue weighted by Gasteiger charge is 2.15. The van der Waals surface area contributed by atoms with E-state index < -0.39 is 0 Å². The lowest BCUT2D eigenvalue weighted by Crippen LogP contribution is -3.07. The van der Waals surface area contributed by atoms with Gasteiger partial charge in [0.1, 0.15) is 12.4 Å². The van der Waals surface area contributed by atoms with Gasteiger partial charge < -0.3 is 9.47 Å². The number of hydrogen-bond donors (Lipinski definition) is 1. The summed E-state index contributed by atoms with van der Waals surface area (Å²) in [6.07, 6.45) is 0. The fraction of sp³-hybridized carbons (Fsp3) is 0.263. The molecule has 3 rings (SSSR count). The first kappa shape index (κ1) is 17.5. The van der Waals surface area contributed by atoms with E-state index in [1.807, 2.05) is 13.1 Å². The van der Waals surface area contributed by atoms with Gasteiger partial charge in [-0.1, -0.05) is 36.4 Å². The van der Waals surface area contributed by atoms with Gasteiger partial charge in [0.05, 0.1) is 12.6 Å². The molecule has 0 aliphatic carbocycles. The Morgan fingerprint density at radius 1 is 1.12 bits per heavy atom. The molecule has 6 heteroatoms. The first-order chi connectivity index (χ1) is 12.0. The Bertz CT molecular complexity index is 945. The lowest BCUT2D eigenvalue weighted by molar-refractivity contribution is -0.917. The molecule has 0 saturated carbocycles. The van der Waals surface area contributed by atoms with Crippen LogP contribution < -0.4 is 4.90 Å². The van der Waals surface area contributed by atoms with E-state index in [2.05, 4.69) is 37.3 Å². The van der Waals surface area contributed by atoms with Crippen LogP contribution in [0.3, 0.4) is 0 Å². The van der Waals surface area contributed by atoms with Crippen LogP contribution in [0.15, 0.2) is 48.5 Å². The number of aryl methyl sites for hydroxylation is 1. The highest BCUT2D eigenvalue weighted by Crippen LogP contribution is 2.20. The molecule has 1 unspecified atom stereocenters. The Morgan fingerprint density at radius 2 is 1.80 bits per heavy atom. The molecule has 0 aliphatic heterocycles. The van der Waals surface area contributed by atoms with Gasteiger partial charge in [-0.2, -0.15) is 4.68 Å². The second kappa shape index (κ2) is 7.29. The Hall–Kier alpha value is -2.31. The van der Waals surface area contributed by atoms with Gasteiger partial charge in [0, 0.05) is 12.6 Å². The van der Waals surface area contributed by atoms with E-state index in [4.69, 9.17) is 12.2 Å². The van der Waals surface area contributed by atoms with E-state index in [1.165, 1.54) is 22.1 Å². The quantitative estimate of drug-likeness (QED) is 0.711. The lowest BCUT2D eigenvalue weighted by Gasteiger charge is -2.15. The third-order valence-corrected chi connectivity index (χ3v) is 4.81. The summed E-state index contributed by atoms with van der Waals surface area (Å²) in [6, 6.07) is 15.0. The molecule has 25 heavy (non-hydrogen) atoms. The topological polar surface area (TPSA) is 27.2 Å². The van der Waals surface area contributed by atoms with E-state index in [1.54, 1.807) is 27.4 Å². The highest BCUT2D eigenvalue weighted by molar-refractivity contribution is 7.71. The fourth-order valence-corrected chi connectivity index (χ4v) is 3.10. The summed E-state index contributed by atoms with van der Waals surface area (Å²) in [6.45, 7) is 3.61. The minimum atomic E-state index is -0.293. The van der Waals surface area contributed by atoms with Crippen molar-refractivity contribution < 1.29 is 9.29 Å². The second-order valence-electron chi connectivity index (χ2n) is 6.36. The molecule has 0 bridgehead atoms. The normalized spacial score (nSPS) is 12.3. The van der Waals surface area contributed by atoms with Crippen LogP contribution in [0.2, 0.25) is 0 Å². The van der Waals surface area contributed by atoms with Gasteiger partial charge in [-0.3, -0.25) is 0 Å². The predicted molar refractivity (Wildman–Crippen MR) is 99.2 cm³/mol. The van der Waals surface area contributed by atoms with E-state index in [9.17, 15) is 4.39 Å². The summed E-state index contributed by atoms with van der Waals surface area (Å²) < 4.78 is 18.2. The molecule has 0 spiro atoms. The van der Waals surface area contributed by atoms with Crippen LogP contribution in [-0.4, -0.2) is 21.4 Å². The van der Waals surface area contributed by atoms with Crippen LogP contribution in [0.1, 0.15) is 11.1 Å². The Labute approximate surface area is 152 Å². The van der Waals surface area contributed by atoms with E-state index in [0.717, 1.165) is 6.54 Å². The second-order valence-corrected chi connectivity index (χ2v) is 6.73. The third kappa shape index (κ3) is 3.70. The van der Waals surface area contributed by atoms with Crippen molar-refractivity contribution in [2.24, 2.45) is 7.05 Å². The summed E-state index contributed by atoms with van der Waals surface area (Å²) in [4.78, 5) is 1.25. The van der Waals surface area contributed by atoms with Crippen LogP contribution >= 0.6 is 12.2 Å². The molecule has 0 saturated heterocycles. The molecule has 0 fully saturated rings. The number of nitrogens with one attached hydrogen (secondary N) is 1. The molecular weight excluding hydrogens is 335 g/mol. The summed E-state index contributed by atoms with van der Waals surface area (Å²) >= 11 is 5.49. The van der Waals surface area contributed by atoms with Gasteiger partial charge in [-0.25, -0.2) is 4.39 Å². The van der Waals surface area contributed by atoms with E-state index >= 15 is 0 Å². The maximum atomic E-state index is 14.1. The maximum Gasteiger partial charge on any atom is 0.202 e. The summed E-state index contributed by atoms with van der Waals surface area (Å²) in [7, 11) is 3.93. The van der Waals surface area contributed by atoms with Crippen molar-refractivity contribution in [3.8, 4) is 11.4 Å². The molecule has 2 aromatic carbocycles. The molecule has 1 aromatic heterocycles. The van der Waals surface area contributed by atoms with Crippen molar-refractivity contribution in [1.29, 1.82) is 0 Å². The Morgan fingerprint density at radius 3 is 2.52 bits per heavy atom. The van der Waals surface area contributed by atoms with Crippen LogP contribution in [0.5, 0.6) is 0 Å². The summed E-state index contributed by atoms with van der Waals surface area (Å²) in [5.41, 5.74) is 3.04. The van der Waals surface area contributed by atoms with Crippen LogP contribution in [0.4, 0.5) is 4.39 Å². The molecular formula is C19H22FN4S+. The standard InChI is InChI=1S/C19H21FN4S/c1-14-8-4-5-9-15(14)12-22(2)13-24-19(25)23(3)18(21-24)16-10-6-7-11-17(16)20/h4-11H,12-13H2,1-3H3/p+1. The van der Waals surface area contributed by atoms with Crippen LogP contribution in [0, 0.1) is 17.5 Å². The smallest absolute Gasteiger partial charge is 0.202 e. The third-order valence-electron chi connectivity index (χ3n) is 4.33. The van der Waals surface area contributed by atoms with Crippen molar-refractivity contribution in [3.63, 3.8) is 0 Å². The van der Waals surface area contributed by atoms with E-state index in [-0.39, 0.29) is 5.82 Å². The molecule has 1 heterocycles. The van der Waals surface area contributed by atoms with Crippen LogP contribution in [0.25, 0.3) is 11.4 Å². The number of halogens is 1. The number of quaternary nitrogens is 1. The molecule has 0 amide bonds. The molecule has 0 aliphatic rings. The van der Waals surface area contributed by atoms with Crippen molar-refractivity contribution in [2.75, 3.05) is 7.05 Å². The largest absolute Gasteiger partial charge is 0.315 e. The summed E-state index contributed by atoms with van der Waals surface area (Å²) in [5, 5.41) is 4.56. The highest BCUT2D eigenvalue weighted by atomic mass is 32.1. The van der Waals surface area contributed by atoms with Crippen molar-refractivity contribution >= 4 is 12.2 Å². The fourth-order valence-electron chi connectivity index (χ4n) is 2.91. The average molecular weight is 357 g/mol. The Balaban J connectivity index is 1.84. The number of aromatic nitrogens is 3.